The van der Waals surface area contributed by atoms with Crippen molar-refractivity contribution in [3.63, 3.8) is 0 Å². The zero-order chi connectivity index (χ0) is 24.0. The van der Waals surface area contributed by atoms with E-state index in [0.717, 1.165) is 0 Å². The van der Waals surface area contributed by atoms with E-state index in [1.807, 2.05) is 0 Å². The van der Waals surface area contributed by atoms with E-state index in [9.17, 15) is 9.59 Å². The van der Waals surface area contributed by atoms with Gasteiger partial charge in [-0.1, -0.05) is 34.8 Å². The first-order valence-corrected chi connectivity index (χ1v) is 10.5. The minimum atomic E-state index is -0.619. The van der Waals surface area contributed by atoms with Gasteiger partial charge in [0.25, 0.3) is 5.91 Å². The quantitative estimate of drug-likeness (QED) is 0.193. The molecule has 170 valence electrons. The van der Waals surface area contributed by atoms with Crippen molar-refractivity contribution in [2.24, 2.45) is 5.10 Å². The van der Waals surface area contributed by atoms with Crippen LogP contribution in [0.5, 0.6) is 17.2 Å². The van der Waals surface area contributed by atoms with Crippen LogP contribution in [0.3, 0.4) is 0 Å². The summed E-state index contributed by atoms with van der Waals surface area (Å²) >= 11 is 18.2. The van der Waals surface area contributed by atoms with E-state index < -0.39 is 11.9 Å². The predicted molar refractivity (Wildman–Crippen MR) is 127 cm³/mol. The standard InChI is InChI=1S/C23H17Cl3N2O5/c1-31-16-6-3-14(4-7-16)23(30)33-21-19(26)9-13(10-20(21)32-2)12-27-28-22(29)17-8-5-15(24)11-18(17)25/h3-12H,1-2H3,(H,28,29)/b27-12-. The topological polar surface area (TPSA) is 86.2 Å². The van der Waals surface area contributed by atoms with Gasteiger partial charge in [-0.2, -0.15) is 5.10 Å². The third kappa shape index (κ3) is 6.16. The molecule has 0 bridgehead atoms. The number of hydrogen-bond acceptors (Lipinski definition) is 6. The highest BCUT2D eigenvalue weighted by Crippen LogP contribution is 2.36. The molecule has 0 aliphatic carbocycles. The number of carbonyl (C=O) groups is 2. The van der Waals surface area contributed by atoms with Crippen LogP contribution < -0.4 is 19.6 Å². The molecule has 0 spiro atoms. The van der Waals surface area contributed by atoms with E-state index in [0.29, 0.717) is 21.9 Å². The van der Waals surface area contributed by atoms with Crippen molar-refractivity contribution in [1.82, 2.24) is 5.43 Å². The van der Waals surface area contributed by atoms with Crippen LogP contribution in [-0.2, 0) is 0 Å². The summed E-state index contributed by atoms with van der Waals surface area (Å²) in [7, 11) is 2.93. The van der Waals surface area contributed by atoms with E-state index in [1.54, 1.807) is 36.4 Å². The normalized spacial score (nSPS) is 10.7. The summed E-state index contributed by atoms with van der Waals surface area (Å²) in [6.07, 6.45) is 1.35. The first-order chi connectivity index (χ1) is 15.8. The van der Waals surface area contributed by atoms with Crippen LogP contribution in [0.15, 0.2) is 59.7 Å². The Morgan fingerprint density at radius 3 is 2.27 bits per heavy atom. The van der Waals surface area contributed by atoms with Gasteiger partial charge in [0.1, 0.15) is 5.75 Å². The highest BCUT2D eigenvalue weighted by Gasteiger charge is 2.17. The third-order valence-corrected chi connectivity index (χ3v) is 5.16. The molecule has 0 radical (unpaired) electrons. The second-order valence-corrected chi connectivity index (χ2v) is 7.73. The van der Waals surface area contributed by atoms with Gasteiger partial charge in [-0.05, 0) is 60.2 Å². The maximum atomic E-state index is 12.5. The highest BCUT2D eigenvalue weighted by atomic mass is 35.5. The molecule has 7 nitrogen and oxygen atoms in total. The van der Waals surface area contributed by atoms with Crippen molar-refractivity contribution in [1.29, 1.82) is 0 Å². The van der Waals surface area contributed by atoms with Gasteiger partial charge in [-0.15, -0.1) is 0 Å². The fourth-order valence-corrected chi connectivity index (χ4v) is 3.44. The maximum Gasteiger partial charge on any atom is 0.343 e. The number of ether oxygens (including phenoxy) is 3. The zero-order valence-electron chi connectivity index (χ0n) is 17.4. The lowest BCUT2D eigenvalue weighted by atomic mass is 10.2. The van der Waals surface area contributed by atoms with Gasteiger partial charge < -0.3 is 14.2 Å². The fourth-order valence-electron chi connectivity index (χ4n) is 2.69. The molecule has 0 saturated carbocycles. The molecule has 0 heterocycles. The molecule has 0 aliphatic rings. The summed E-state index contributed by atoms with van der Waals surface area (Å²) in [5.41, 5.74) is 3.38. The van der Waals surface area contributed by atoms with Crippen LogP contribution >= 0.6 is 34.8 Å². The molecule has 0 saturated heterocycles. The van der Waals surface area contributed by atoms with Crippen molar-refractivity contribution >= 4 is 52.9 Å². The molecule has 33 heavy (non-hydrogen) atoms. The minimum Gasteiger partial charge on any atom is -0.497 e. The Labute approximate surface area is 204 Å². The molecule has 3 aromatic carbocycles. The number of hydrazone groups is 1. The third-order valence-electron chi connectivity index (χ3n) is 4.33. The van der Waals surface area contributed by atoms with Crippen molar-refractivity contribution in [3.05, 3.63) is 86.4 Å². The summed E-state index contributed by atoms with van der Waals surface area (Å²) in [5, 5.41) is 4.63. The number of methoxy groups -OCH3 is 2. The van der Waals surface area contributed by atoms with E-state index >= 15 is 0 Å². The Balaban J connectivity index is 1.73. The Morgan fingerprint density at radius 1 is 0.909 bits per heavy atom. The highest BCUT2D eigenvalue weighted by molar-refractivity contribution is 6.36. The molecule has 1 N–H and O–H groups in total. The van der Waals surface area contributed by atoms with Gasteiger partial charge in [0.2, 0.25) is 0 Å². The smallest absolute Gasteiger partial charge is 0.343 e. The Bertz CT molecular complexity index is 1210. The first kappa shape index (κ1) is 24.4. The average molecular weight is 508 g/mol. The van der Waals surface area contributed by atoms with Crippen LogP contribution in [0.2, 0.25) is 15.1 Å². The van der Waals surface area contributed by atoms with Crippen molar-refractivity contribution in [2.75, 3.05) is 14.2 Å². The number of benzene rings is 3. The summed E-state index contributed by atoms with van der Waals surface area (Å²) < 4.78 is 15.8. The van der Waals surface area contributed by atoms with Gasteiger partial charge in [-0.3, -0.25) is 4.79 Å². The maximum absolute atomic E-state index is 12.5. The molecule has 0 unspecified atom stereocenters. The number of esters is 1. The van der Waals surface area contributed by atoms with Gasteiger partial charge >= 0.3 is 5.97 Å². The predicted octanol–water partition coefficient (Wildman–Crippen LogP) is 5.65. The van der Waals surface area contributed by atoms with Crippen molar-refractivity contribution < 1.29 is 23.8 Å². The number of halogens is 3. The summed E-state index contributed by atoms with van der Waals surface area (Å²) in [6, 6.07) is 14.0. The van der Waals surface area contributed by atoms with Gasteiger partial charge in [0.15, 0.2) is 11.5 Å². The minimum absolute atomic E-state index is 0.0501. The van der Waals surface area contributed by atoms with E-state index in [-0.39, 0.29) is 27.1 Å². The molecule has 3 aromatic rings. The van der Waals surface area contributed by atoms with Crippen LogP contribution in [-0.4, -0.2) is 32.3 Å². The molecule has 1 amide bonds. The van der Waals surface area contributed by atoms with Gasteiger partial charge in [0.05, 0.1) is 41.6 Å². The van der Waals surface area contributed by atoms with Crippen LogP contribution in [0, 0.1) is 0 Å². The Hall–Kier alpha value is -3.26. The van der Waals surface area contributed by atoms with Gasteiger partial charge in [0, 0.05) is 5.02 Å². The second-order valence-electron chi connectivity index (χ2n) is 6.48. The number of hydrogen-bond donors (Lipinski definition) is 1. The molecule has 0 fully saturated rings. The lowest BCUT2D eigenvalue weighted by Crippen LogP contribution is -2.18. The van der Waals surface area contributed by atoms with Crippen LogP contribution in [0.4, 0.5) is 0 Å². The number of nitrogens with zero attached hydrogens (tertiary/aromatic N) is 1. The van der Waals surface area contributed by atoms with Crippen molar-refractivity contribution in [3.8, 4) is 17.2 Å². The number of rotatable bonds is 7. The molecule has 0 aliphatic heterocycles. The lowest BCUT2D eigenvalue weighted by molar-refractivity contribution is 0.0729. The largest absolute Gasteiger partial charge is 0.497 e. The number of amides is 1. The molecule has 0 atom stereocenters. The SMILES string of the molecule is COc1ccc(C(=O)Oc2c(Cl)cc(/C=N\NC(=O)c3ccc(Cl)cc3Cl)cc2OC)cc1. The monoisotopic (exact) mass is 506 g/mol. The summed E-state index contributed by atoms with van der Waals surface area (Å²) in [6.45, 7) is 0. The first-order valence-electron chi connectivity index (χ1n) is 9.34. The average Bonchev–Trinajstić information content (AvgIpc) is 2.80. The van der Waals surface area contributed by atoms with Crippen LogP contribution in [0.1, 0.15) is 26.3 Å². The second kappa shape index (κ2) is 11.0. The van der Waals surface area contributed by atoms with E-state index in [2.05, 4.69) is 10.5 Å². The fraction of sp³-hybridized carbons (Fsp3) is 0.0870. The number of carbonyl (C=O) groups excluding carboxylic acids is 2. The molecular weight excluding hydrogens is 491 g/mol. The van der Waals surface area contributed by atoms with E-state index in [1.165, 1.54) is 38.6 Å². The molecule has 10 heteroatoms. The summed E-state index contributed by atoms with van der Waals surface area (Å²) in [4.78, 5) is 24.7. The molecule has 0 aromatic heterocycles. The van der Waals surface area contributed by atoms with Crippen molar-refractivity contribution in [2.45, 2.75) is 0 Å². The van der Waals surface area contributed by atoms with Crippen LogP contribution in [0.25, 0.3) is 0 Å². The lowest BCUT2D eigenvalue weighted by Gasteiger charge is -2.12. The zero-order valence-corrected chi connectivity index (χ0v) is 19.7. The van der Waals surface area contributed by atoms with E-state index in [4.69, 9.17) is 49.0 Å². The Kier molecular flexibility index (Phi) is 8.16. The number of nitrogens with one attached hydrogen (secondary N) is 1. The van der Waals surface area contributed by atoms with Gasteiger partial charge in [-0.25, -0.2) is 10.2 Å². The summed E-state index contributed by atoms with van der Waals surface area (Å²) in [5.74, 6) is -0.273. The Morgan fingerprint density at radius 2 is 1.64 bits per heavy atom. The molecular formula is C23H17Cl3N2O5. The molecule has 3 rings (SSSR count).